The Morgan fingerprint density at radius 3 is 2.17 bits per heavy atom. The number of aliphatic hydroxyl groups is 1. The Bertz CT molecular complexity index is 516. The summed E-state index contributed by atoms with van der Waals surface area (Å²) in [6.45, 7) is 0.543. The smallest absolute Gasteiger partial charge is 0.261 e. The molecule has 1 aromatic rings. The van der Waals surface area contributed by atoms with Crippen LogP contribution in [-0.4, -0.2) is 35.0 Å². The molecular weight excluding hydrogens is 237 g/mol. The van der Waals surface area contributed by atoms with E-state index in [1.165, 1.54) is 19.1 Å². The van der Waals surface area contributed by atoms with Gasteiger partial charge in [-0.1, -0.05) is 12.1 Å². The summed E-state index contributed by atoms with van der Waals surface area (Å²) in [5.41, 5.74) is 0.695. The van der Waals surface area contributed by atoms with Crippen LogP contribution in [0.3, 0.4) is 0 Å². The standard InChI is InChI=1S/C13H12FNO3/c1-8(7-16)11(14)6-15-12(17)9-4-2-3-5-10(9)13(15)18/h2-5,16H,6-7H2,1H3. The minimum Gasteiger partial charge on any atom is -0.392 e. The number of imide groups is 1. The molecular formula is C13H12FNO3. The number of carbonyl (C=O) groups excluding carboxylic acids is 2. The second-order valence-corrected chi connectivity index (χ2v) is 4.09. The highest BCUT2D eigenvalue weighted by atomic mass is 19.1. The normalized spacial score (nSPS) is 15.8. The second-order valence-electron chi connectivity index (χ2n) is 4.09. The molecule has 4 nitrogen and oxygen atoms in total. The van der Waals surface area contributed by atoms with E-state index in [-0.39, 0.29) is 16.7 Å². The number of halogens is 1. The summed E-state index contributed by atoms with van der Waals surface area (Å²) in [6.07, 6.45) is 0. The molecule has 1 aliphatic heterocycles. The van der Waals surface area contributed by atoms with Crippen molar-refractivity contribution >= 4 is 11.8 Å². The summed E-state index contributed by atoms with van der Waals surface area (Å²) in [4.78, 5) is 24.7. The van der Waals surface area contributed by atoms with Crippen LogP contribution in [0.15, 0.2) is 35.7 Å². The van der Waals surface area contributed by atoms with Gasteiger partial charge in [0.25, 0.3) is 11.8 Å². The highest BCUT2D eigenvalue weighted by molar-refractivity contribution is 6.21. The van der Waals surface area contributed by atoms with Crippen molar-refractivity contribution in [1.82, 2.24) is 4.90 Å². The SMILES string of the molecule is CC(CO)=C(F)CN1C(=O)c2ccccc2C1=O. The van der Waals surface area contributed by atoms with Gasteiger partial charge in [0, 0.05) is 0 Å². The first-order valence-electron chi connectivity index (χ1n) is 5.46. The maximum atomic E-state index is 13.6. The summed E-state index contributed by atoms with van der Waals surface area (Å²) < 4.78 is 13.6. The zero-order valence-corrected chi connectivity index (χ0v) is 9.81. The van der Waals surface area contributed by atoms with Crippen molar-refractivity contribution in [3.8, 4) is 0 Å². The Balaban J connectivity index is 2.30. The van der Waals surface area contributed by atoms with Crippen LogP contribution in [0, 0.1) is 0 Å². The molecule has 0 saturated heterocycles. The first-order valence-corrected chi connectivity index (χ1v) is 5.46. The topological polar surface area (TPSA) is 57.6 Å². The van der Waals surface area contributed by atoms with Gasteiger partial charge in [-0.05, 0) is 24.6 Å². The molecule has 0 saturated carbocycles. The van der Waals surface area contributed by atoms with Crippen LogP contribution in [0.1, 0.15) is 27.6 Å². The minimum atomic E-state index is -0.660. The molecule has 18 heavy (non-hydrogen) atoms. The largest absolute Gasteiger partial charge is 0.392 e. The van der Waals surface area contributed by atoms with Crippen LogP contribution in [0.25, 0.3) is 0 Å². The highest BCUT2D eigenvalue weighted by Crippen LogP contribution is 2.23. The van der Waals surface area contributed by atoms with E-state index in [0.717, 1.165) is 4.90 Å². The van der Waals surface area contributed by atoms with E-state index in [9.17, 15) is 14.0 Å². The second kappa shape index (κ2) is 4.70. The molecule has 1 heterocycles. The number of hydrogen-bond donors (Lipinski definition) is 1. The summed E-state index contributed by atoms with van der Waals surface area (Å²) in [6, 6.07) is 6.38. The molecule has 94 valence electrons. The number of fused-ring (bicyclic) bond motifs is 1. The van der Waals surface area contributed by atoms with Crippen LogP contribution in [0.2, 0.25) is 0 Å². The van der Waals surface area contributed by atoms with Gasteiger partial charge < -0.3 is 5.11 Å². The van der Waals surface area contributed by atoms with Crippen molar-refractivity contribution in [2.75, 3.05) is 13.2 Å². The van der Waals surface area contributed by atoms with Gasteiger partial charge in [-0.15, -0.1) is 0 Å². The van der Waals surface area contributed by atoms with Gasteiger partial charge in [-0.2, -0.15) is 0 Å². The Labute approximate surface area is 103 Å². The summed E-state index contributed by atoms with van der Waals surface area (Å²) in [5, 5.41) is 8.80. The molecule has 0 atom stereocenters. The van der Waals surface area contributed by atoms with Gasteiger partial charge in [0.2, 0.25) is 0 Å². The average Bonchev–Trinajstić information content (AvgIpc) is 2.63. The summed E-state index contributed by atoms with van der Waals surface area (Å²) >= 11 is 0. The number of carbonyl (C=O) groups is 2. The monoisotopic (exact) mass is 249 g/mol. The molecule has 5 heteroatoms. The molecule has 0 radical (unpaired) electrons. The molecule has 0 aromatic heterocycles. The molecule has 1 N–H and O–H groups in total. The van der Waals surface area contributed by atoms with Crippen molar-refractivity contribution in [3.05, 3.63) is 46.8 Å². The van der Waals surface area contributed by atoms with Crippen molar-refractivity contribution in [3.63, 3.8) is 0 Å². The maximum Gasteiger partial charge on any atom is 0.261 e. The average molecular weight is 249 g/mol. The molecule has 0 fully saturated rings. The predicted octanol–water partition coefficient (Wildman–Crippen LogP) is 1.52. The van der Waals surface area contributed by atoms with E-state index in [2.05, 4.69) is 0 Å². The van der Waals surface area contributed by atoms with Crippen LogP contribution in [0.5, 0.6) is 0 Å². The number of benzene rings is 1. The number of aliphatic hydroxyl groups excluding tert-OH is 1. The lowest BCUT2D eigenvalue weighted by Gasteiger charge is -2.13. The fourth-order valence-corrected chi connectivity index (χ4v) is 1.74. The lowest BCUT2D eigenvalue weighted by atomic mass is 10.1. The number of rotatable bonds is 3. The van der Waals surface area contributed by atoms with Gasteiger partial charge in [0.05, 0.1) is 24.3 Å². The van der Waals surface area contributed by atoms with Crippen LogP contribution in [0.4, 0.5) is 4.39 Å². The molecule has 2 amide bonds. The van der Waals surface area contributed by atoms with Gasteiger partial charge in [0.15, 0.2) is 0 Å². The Kier molecular flexibility index (Phi) is 3.25. The zero-order chi connectivity index (χ0) is 13.3. The first-order chi connectivity index (χ1) is 8.56. The predicted molar refractivity (Wildman–Crippen MR) is 62.7 cm³/mol. The van der Waals surface area contributed by atoms with E-state index in [4.69, 9.17) is 5.11 Å². The fraction of sp³-hybridized carbons (Fsp3) is 0.231. The fourth-order valence-electron chi connectivity index (χ4n) is 1.74. The van der Waals surface area contributed by atoms with Crippen molar-refractivity contribution in [1.29, 1.82) is 0 Å². The van der Waals surface area contributed by atoms with Gasteiger partial charge in [-0.3, -0.25) is 14.5 Å². The van der Waals surface area contributed by atoms with E-state index in [1.54, 1.807) is 12.1 Å². The third kappa shape index (κ3) is 1.93. The van der Waals surface area contributed by atoms with Crippen LogP contribution in [-0.2, 0) is 0 Å². The van der Waals surface area contributed by atoms with Crippen LogP contribution < -0.4 is 0 Å². The molecule has 0 aliphatic carbocycles. The summed E-state index contributed by atoms with van der Waals surface area (Å²) in [7, 11) is 0. The van der Waals surface area contributed by atoms with Crippen molar-refractivity contribution in [2.24, 2.45) is 0 Å². The first kappa shape index (κ1) is 12.4. The van der Waals surface area contributed by atoms with Crippen LogP contribution >= 0.6 is 0 Å². The Morgan fingerprint density at radius 2 is 1.72 bits per heavy atom. The molecule has 1 aromatic carbocycles. The number of nitrogens with zero attached hydrogens (tertiary/aromatic N) is 1. The van der Waals surface area contributed by atoms with Gasteiger partial charge >= 0.3 is 0 Å². The number of amides is 2. The van der Waals surface area contributed by atoms with E-state index >= 15 is 0 Å². The lowest BCUT2D eigenvalue weighted by molar-refractivity contribution is 0.0659. The Hall–Kier alpha value is -2.01. The lowest BCUT2D eigenvalue weighted by Crippen LogP contribution is -2.31. The zero-order valence-electron chi connectivity index (χ0n) is 9.81. The van der Waals surface area contributed by atoms with E-state index in [0.29, 0.717) is 0 Å². The molecule has 2 rings (SSSR count). The quantitative estimate of drug-likeness (QED) is 0.826. The molecule has 1 aliphatic rings. The minimum absolute atomic E-state index is 0.117. The third-order valence-electron chi connectivity index (χ3n) is 2.88. The third-order valence-corrected chi connectivity index (χ3v) is 2.88. The van der Waals surface area contributed by atoms with E-state index < -0.39 is 30.8 Å². The van der Waals surface area contributed by atoms with Crippen molar-refractivity contribution < 1.29 is 19.1 Å². The number of hydrogen-bond acceptors (Lipinski definition) is 3. The molecule has 0 unspecified atom stereocenters. The summed E-state index contributed by atoms with van der Waals surface area (Å²) in [5.74, 6) is -1.67. The maximum absolute atomic E-state index is 13.6. The van der Waals surface area contributed by atoms with Crippen molar-refractivity contribution in [2.45, 2.75) is 6.92 Å². The Morgan fingerprint density at radius 1 is 1.22 bits per heavy atom. The molecule has 0 spiro atoms. The highest BCUT2D eigenvalue weighted by Gasteiger charge is 2.35. The van der Waals surface area contributed by atoms with E-state index in [1.807, 2.05) is 0 Å². The van der Waals surface area contributed by atoms with Gasteiger partial charge in [0.1, 0.15) is 5.83 Å². The molecule has 0 bridgehead atoms. The van der Waals surface area contributed by atoms with Gasteiger partial charge in [-0.25, -0.2) is 4.39 Å².